The van der Waals surface area contributed by atoms with Crippen molar-refractivity contribution < 1.29 is 10.0 Å². The molecule has 0 bridgehead atoms. The summed E-state index contributed by atoms with van der Waals surface area (Å²) in [7, 11) is 0. The maximum Gasteiger partial charge on any atom is 0.230 e. The monoisotopic (exact) mass is 247 g/mol. The van der Waals surface area contributed by atoms with E-state index >= 15 is 0 Å². The number of carbonyl (C=O) groups is 1. The van der Waals surface area contributed by atoms with Crippen LogP contribution in [0.2, 0.25) is 0 Å². The fourth-order valence-electron chi connectivity index (χ4n) is 1.34. The predicted molar refractivity (Wildman–Crippen MR) is 67.7 cm³/mol. The van der Waals surface area contributed by atoms with Gasteiger partial charge in [0, 0.05) is 6.54 Å². The molecule has 0 saturated heterocycles. The Balaban J connectivity index is 4.13. The standard InChI is InChI=1S/C10H21N3O2S/c1-4-8(9(11)13-15)10(14)12-5-7(2)6-16-3/h7-8,15H,4-6H2,1-3H3,(H2,11,13)(H,12,14). The zero-order chi connectivity index (χ0) is 12.6. The minimum absolute atomic E-state index is 0.0301. The molecule has 0 aliphatic rings. The Hall–Kier alpha value is -0.910. The molecule has 16 heavy (non-hydrogen) atoms. The number of carbonyl (C=O) groups excluding carboxylic acids is 1. The van der Waals surface area contributed by atoms with E-state index < -0.39 is 5.92 Å². The highest BCUT2D eigenvalue weighted by Gasteiger charge is 2.21. The van der Waals surface area contributed by atoms with Crippen molar-refractivity contribution >= 4 is 23.5 Å². The summed E-state index contributed by atoms with van der Waals surface area (Å²) < 4.78 is 0. The predicted octanol–water partition coefficient (Wildman–Crippen LogP) is 0.874. The highest BCUT2D eigenvalue weighted by molar-refractivity contribution is 7.98. The second kappa shape index (κ2) is 8.27. The van der Waals surface area contributed by atoms with Gasteiger partial charge in [-0.1, -0.05) is 19.0 Å². The SMILES string of the molecule is CCC(C(=O)NCC(C)CSC)C(N)=NO. The highest BCUT2D eigenvalue weighted by Crippen LogP contribution is 2.05. The van der Waals surface area contributed by atoms with Crippen LogP contribution >= 0.6 is 11.8 Å². The van der Waals surface area contributed by atoms with Gasteiger partial charge in [-0.25, -0.2) is 0 Å². The number of rotatable bonds is 7. The van der Waals surface area contributed by atoms with E-state index in [9.17, 15) is 4.79 Å². The summed E-state index contributed by atoms with van der Waals surface area (Å²) in [6.45, 7) is 4.52. The Labute approximate surface area is 101 Å². The lowest BCUT2D eigenvalue weighted by molar-refractivity contribution is -0.123. The van der Waals surface area contributed by atoms with Crippen molar-refractivity contribution in [1.29, 1.82) is 0 Å². The average molecular weight is 247 g/mol. The molecule has 5 nitrogen and oxygen atoms in total. The van der Waals surface area contributed by atoms with Gasteiger partial charge >= 0.3 is 0 Å². The van der Waals surface area contributed by atoms with Crippen LogP contribution in [0.15, 0.2) is 5.16 Å². The van der Waals surface area contributed by atoms with Crippen molar-refractivity contribution in [3.63, 3.8) is 0 Å². The Kier molecular flexibility index (Phi) is 7.80. The molecule has 0 rings (SSSR count). The molecule has 0 aromatic carbocycles. The van der Waals surface area contributed by atoms with E-state index in [1.807, 2.05) is 13.2 Å². The summed E-state index contributed by atoms with van der Waals surface area (Å²) in [6.07, 6.45) is 2.56. The van der Waals surface area contributed by atoms with Crippen LogP contribution in [0, 0.1) is 11.8 Å². The second-order valence-electron chi connectivity index (χ2n) is 3.79. The van der Waals surface area contributed by atoms with Crippen LogP contribution in [-0.2, 0) is 4.79 Å². The normalized spacial score (nSPS) is 15.6. The molecule has 0 radical (unpaired) electrons. The van der Waals surface area contributed by atoms with Gasteiger partial charge in [0.1, 0.15) is 0 Å². The summed E-state index contributed by atoms with van der Waals surface area (Å²) in [6, 6.07) is 0. The molecule has 6 heteroatoms. The maximum atomic E-state index is 11.7. The third-order valence-electron chi connectivity index (χ3n) is 2.27. The zero-order valence-corrected chi connectivity index (χ0v) is 10.9. The number of amidine groups is 1. The quantitative estimate of drug-likeness (QED) is 0.270. The minimum Gasteiger partial charge on any atom is -0.409 e. The molecular weight excluding hydrogens is 226 g/mol. The number of oxime groups is 1. The topological polar surface area (TPSA) is 87.7 Å². The first kappa shape index (κ1) is 15.1. The molecular formula is C10H21N3O2S. The molecule has 1 amide bonds. The molecule has 4 N–H and O–H groups in total. The molecule has 0 spiro atoms. The summed E-state index contributed by atoms with van der Waals surface area (Å²) >= 11 is 1.75. The van der Waals surface area contributed by atoms with Crippen LogP contribution in [0.5, 0.6) is 0 Å². The van der Waals surface area contributed by atoms with Gasteiger partial charge in [-0.2, -0.15) is 11.8 Å². The number of amides is 1. The van der Waals surface area contributed by atoms with Gasteiger partial charge in [0.25, 0.3) is 0 Å². The van der Waals surface area contributed by atoms with Crippen molar-refractivity contribution in [1.82, 2.24) is 5.32 Å². The largest absolute Gasteiger partial charge is 0.409 e. The van der Waals surface area contributed by atoms with Gasteiger partial charge in [-0.3, -0.25) is 4.79 Å². The fourth-order valence-corrected chi connectivity index (χ4v) is 2.03. The summed E-state index contributed by atoms with van der Waals surface area (Å²) in [5, 5.41) is 14.2. The van der Waals surface area contributed by atoms with E-state index in [0.717, 1.165) is 5.75 Å². The lowest BCUT2D eigenvalue weighted by Gasteiger charge is -2.16. The van der Waals surface area contributed by atoms with Crippen molar-refractivity contribution in [3.05, 3.63) is 0 Å². The van der Waals surface area contributed by atoms with Crippen molar-refractivity contribution in [3.8, 4) is 0 Å². The van der Waals surface area contributed by atoms with Crippen molar-refractivity contribution in [2.24, 2.45) is 22.7 Å². The molecule has 0 aromatic heterocycles. The van der Waals surface area contributed by atoms with E-state index in [4.69, 9.17) is 10.9 Å². The zero-order valence-electron chi connectivity index (χ0n) is 10.1. The molecule has 2 atom stereocenters. The maximum absolute atomic E-state index is 11.7. The van der Waals surface area contributed by atoms with Crippen LogP contribution in [-0.4, -0.2) is 35.5 Å². The van der Waals surface area contributed by atoms with E-state index in [1.165, 1.54) is 0 Å². The Morgan fingerprint density at radius 1 is 1.62 bits per heavy atom. The molecule has 94 valence electrons. The number of nitrogens with one attached hydrogen (secondary N) is 1. The van der Waals surface area contributed by atoms with Gasteiger partial charge in [0.15, 0.2) is 5.84 Å². The van der Waals surface area contributed by atoms with Crippen LogP contribution in [0.4, 0.5) is 0 Å². The van der Waals surface area contributed by atoms with Gasteiger partial charge in [0.05, 0.1) is 5.92 Å². The molecule has 0 aliphatic carbocycles. The van der Waals surface area contributed by atoms with Crippen LogP contribution < -0.4 is 11.1 Å². The molecule has 0 aromatic rings. The lowest BCUT2D eigenvalue weighted by atomic mass is 10.0. The van der Waals surface area contributed by atoms with Crippen LogP contribution in [0.3, 0.4) is 0 Å². The first-order chi connectivity index (χ1) is 7.56. The third kappa shape index (κ3) is 5.25. The summed E-state index contributed by atoms with van der Waals surface area (Å²) in [4.78, 5) is 11.7. The van der Waals surface area contributed by atoms with Crippen LogP contribution in [0.1, 0.15) is 20.3 Å². The van der Waals surface area contributed by atoms with Crippen molar-refractivity contribution in [2.75, 3.05) is 18.6 Å². The number of thioether (sulfide) groups is 1. The van der Waals surface area contributed by atoms with Gasteiger partial charge in [0.2, 0.25) is 5.91 Å². The van der Waals surface area contributed by atoms with E-state index in [0.29, 0.717) is 18.9 Å². The first-order valence-corrected chi connectivity index (χ1v) is 6.70. The average Bonchev–Trinajstić information content (AvgIpc) is 2.27. The smallest absolute Gasteiger partial charge is 0.230 e. The highest BCUT2D eigenvalue weighted by atomic mass is 32.2. The first-order valence-electron chi connectivity index (χ1n) is 5.30. The number of hydrogen-bond acceptors (Lipinski definition) is 4. The number of nitrogens with two attached hydrogens (primary N) is 1. The molecule has 0 fully saturated rings. The Morgan fingerprint density at radius 3 is 2.69 bits per heavy atom. The Bertz CT molecular complexity index is 246. The molecule has 0 heterocycles. The molecule has 2 unspecified atom stereocenters. The second-order valence-corrected chi connectivity index (χ2v) is 4.70. The lowest BCUT2D eigenvalue weighted by Crippen LogP contribution is -2.40. The fraction of sp³-hybridized carbons (Fsp3) is 0.800. The Morgan fingerprint density at radius 2 is 2.25 bits per heavy atom. The van der Waals surface area contributed by atoms with Gasteiger partial charge < -0.3 is 16.3 Å². The number of nitrogens with zero attached hydrogens (tertiary/aromatic N) is 1. The van der Waals surface area contributed by atoms with E-state index in [1.54, 1.807) is 11.8 Å². The summed E-state index contributed by atoms with van der Waals surface area (Å²) in [5.41, 5.74) is 5.43. The van der Waals surface area contributed by atoms with Crippen LogP contribution in [0.25, 0.3) is 0 Å². The minimum atomic E-state index is -0.536. The van der Waals surface area contributed by atoms with E-state index in [2.05, 4.69) is 17.4 Å². The van der Waals surface area contributed by atoms with Crippen molar-refractivity contribution in [2.45, 2.75) is 20.3 Å². The van der Waals surface area contributed by atoms with E-state index in [-0.39, 0.29) is 11.7 Å². The molecule has 0 saturated carbocycles. The summed E-state index contributed by atoms with van der Waals surface area (Å²) in [5.74, 6) is 0.680. The van der Waals surface area contributed by atoms with Gasteiger partial charge in [-0.05, 0) is 24.3 Å². The molecule has 0 aliphatic heterocycles. The number of hydrogen-bond donors (Lipinski definition) is 3. The van der Waals surface area contributed by atoms with Gasteiger partial charge in [-0.15, -0.1) is 0 Å². The third-order valence-corrected chi connectivity index (χ3v) is 3.18.